The van der Waals surface area contributed by atoms with Crippen molar-refractivity contribution in [2.75, 3.05) is 0 Å². The van der Waals surface area contributed by atoms with Crippen LogP contribution in [-0.4, -0.2) is 16.5 Å². The van der Waals surface area contributed by atoms with Crippen molar-refractivity contribution in [3.63, 3.8) is 0 Å². The summed E-state index contributed by atoms with van der Waals surface area (Å²) >= 11 is 5.95. The van der Waals surface area contributed by atoms with E-state index in [1.807, 2.05) is 0 Å². The van der Waals surface area contributed by atoms with Crippen LogP contribution >= 0.6 is 11.6 Å². The second kappa shape index (κ2) is 4.85. The monoisotopic (exact) mass is 289 g/mol. The van der Waals surface area contributed by atoms with Gasteiger partial charge in [-0.1, -0.05) is 0 Å². The van der Waals surface area contributed by atoms with E-state index >= 15 is 0 Å². The molecule has 7 heteroatoms. The van der Waals surface area contributed by atoms with Crippen LogP contribution in [0.3, 0.4) is 0 Å². The lowest BCUT2D eigenvalue weighted by molar-refractivity contribution is -0.137. The highest BCUT2D eigenvalue weighted by Gasteiger charge is 2.33. The summed E-state index contributed by atoms with van der Waals surface area (Å²) in [6.45, 7) is 3.42. The number of halogens is 4. The minimum absolute atomic E-state index is 0.137. The summed E-state index contributed by atoms with van der Waals surface area (Å²) in [6, 6.07) is 3.01. The topological polar surface area (TPSA) is 28.0 Å². The fraction of sp³-hybridized carbons (Fsp3) is 0.333. The molecule has 0 aromatic heterocycles. The first kappa shape index (κ1) is 13.9. The largest absolute Gasteiger partial charge is 0.416 e. The predicted molar refractivity (Wildman–Crippen MR) is 68.8 cm³/mol. The van der Waals surface area contributed by atoms with Gasteiger partial charge in [-0.15, -0.1) is 0 Å². The fourth-order valence-electron chi connectivity index (χ4n) is 1.88. The molecule has 1 aromatic carbocycles. The van der Waals surface area contributed by atoms with Crippen LogP contribution in [0.2, 0.25) is 0 Å². The van der Waals surface area contributed by atoms with Crippen LogP contribution in [0.4, 0.5) is 18.9 Å². The molecule has 0 spiro atoms. The van der Waals surface area contributed by atoms with Crippen LogP contribution in [0.25, 0.3) is 0 Å². The zero-order chi connectivity index (χ0) is 14.2. The summed E-state index contributed by atoms with van der Waals surface area (Å²) in [6.07, 6.45) is -2.87. The van der Waals surface area contributed by atoms with Crippen LogP contribution in [0.1, 0.15) is 31.0 Å². The van der Waals surface area contributed by atoms with Crippen LogP contribution in [-0.2, 0) is 6.18 Å². The van der Waals surface area contributed by atoms with E-state index in [1.54, 1.807) is 13.8 Å². The van der Waals surface area contributed by atoms with Crippen molar-refractivity contribution in [2.45, 2.75) is 26.1 Å². The Morgan fingerprint density at radius 3 is 2.68 bits per heavy atom. The molecule has 0 bridgehead atoms. The molecule has 2 rings (SSSR count). The molecule has 0 fully saturated rings. The van der Waals surface area contributed by atoms with E-state index < -0.39 is 17.8 Å². The molecule has 0 N–H and O–H groups in total. The lowest BCUT2D eigenvalue weighted by Gasteiger charge is -2.29. The Kier molecular flexibility index (Phi) is 3.54. The first-order valence-electron chi connectivity index (χ1n) is 5.57. The van der Waals surface area contributed by atoms with Crippen molar-refractivity contribution in [1.82, 2.24) is 5.01 Å². The average Bonchev–Trinajstić information content (AvgIpc) is 2.33. The van der Waals surface area contributed by atoms with Crippen molar-refractivity contribution in [2.24, 2.45) is 10.1 Å². The summed E-state index contributed by atoms with van der Waals surface area (Å²) in [7, 11) is 0. The minimum Gasteiger partial charge on any atom is -0.231 e. The Labute approximate surface area is 113 Å². The molecular weight excluding hydrogens is 279 g/mol. The van der Waals surface area contributed by atoms with Crippen molar-refractivity contribution in [3.05, 3.63) is 29.3 Å². The number of amidine groups is 1. The Morgan fingerprint density at radius 1 is 1.42 bits per heavy atom. The van der Waals surface area contributed by atoms with E-state index in [9.17, 15) is 13.2 Å². The van der Waals surface area contributed by atoms with Gasteiger partial charge in [0.1, 0.15) is 0 Å². The van der Waals surface area contributed by atoms with Gasteiger partial charge < -0.3 is 0 Å². The zero-order valence-corrected chi connectivity index (χ0v) is 11.0. The van der Waals surface area contributed by atoms with Crippen LogP contribution in [0.15, 0.2) is 28.3 Å². The van der Waals surface area contributed by atoms with Gasteiger partial charge in [0.25, 0.3) is 0 Å². The number of nitrogens with zero attached hydrogens (tertiary/aromatic N) is 3. The van der Waals surface area contributed by atoms with E-state index in [0.717, 1.165) is 12.1 Å². The summed E-state index contributed by atoms with van der Waals surface area (Å²) in [5.41, 5.74) is 0.185. The molecule has 3 nitrogen and oxygen atoms in total. The minimum atomic E-state index is -4.38. The van der Waals surface area contributed by atoms with Crippen LogP contribution in [0, 0.1) is 0 Å². The first-order valence-corrected chi connectivity index (χ1v) is 5.95. The molecule has 0 aliphatic carbocycles. The number of rotatable bonds is 1. The zero-order valence-electron chi connectivity index (χ0n) is 10.2. The molecule has 1 aliphatic heterocycles. The summed E-state index contributed by atoms with van der Waals surface area (Å²) in [4.78, 5) is 4.05. The van der Waals surface area contributed by atoms with E-state index in [0.29, 0.717) is 11.3 Å². The summed E-state index contributed by atoms with van der Waals surface area (Å²) in [5.74, 6) is 0. The lowest BCUT2D eigenvalue weighted by atomic mass is 10.0. The van der Waals surface area contributed by atoms with Gasteiger partial charge in [0.05, 0.1) is 17.3 Å². The number of hydrazone groups is 1. The molecule has 0 amide bonds. The number of fused-ring (bicyclic) bond motifs is 1. The molecule has 1 heterocycles. The number of alkyl halides is 3. The third-order valence-corrected chi connectivity index (χ3v) is 3.07. The summed E-state index contributed by atoms with van der Waals surface area (Å²) in [5, 5.41) is 5.52. The highest BCUT2D eigenvalue weighted by Crippen LogP contribution is 2.39. The van der Waals surface area contributed by atoms with Gasteiger partial charge in [-0.25, -0.2) is 10.0 Å². The lowest BCUT2D eigenvalue weighted by Crippen LogP contribution is -2.28. The quantitative estimate of drug-likeness (QED) is 0.559. The van der Waals surface area contributed by atoms with Crippen molar-refractivity contribution in [3.8, 4) is 0 Å². The Hall–Kier alpha value is -1.56. The molecule has 1 atom stereocenters. The van der Waals surface area contributed by atoms with Gasteiger partial charge in [0.2, 0.25) is 5.29 Å². The van der Waals surface area contributed by atoms with Gasteiger partial charge in [0, 0.05) is 11.8 Å². The van der Waals surface area contributed by atoms with E-state index in [2.05, 4.69) is 10.1 Å². The maximum Gasteiger partial charge on any atom is 0.416 e. The van der Waals surface area contributed by atoms with E-state index in [4.69, 9.17) is 11.6 Å². The average molecular weight is 290 g/mol. The van der Waals surface area contributed by atoms with Crippen LogP contribution < -0.4 is 0 Å². The Bertz CT molecular complexity index is 552. The van der Waals surface area contributed by atoms with E-state index in [-0.39, 0.29) is 5.29 Å². The molecule has 1 aliphatic rings. The first-order chi connectivity index (χ1) is 8.84. The maximum absolute atomic E-state index is 12.7. The summed E-state index contributed by atoms with van der Waals surface area (Å²) < 4.78 is 38.1. The van der Waals surface area contributed by atoms with Crippen molar-refractivity contribution < 1.29 is 13.2 Å². The molecule has 102 valence electrons. The second-order valence-electron chi connectivity index (χ2n) is 4.05. The third-order valence-electron chi connectivity index (χ3n) is 2.81. The second-order valence-corrected chi connectivity index (χ2v) is 4.38. The van der Waals surface area contributed by atoms with Gasteiger partial charge in [-0.05, 0) is 43.6 Å². The fourth-order valence-corrected chi connectivity index (χ4v) is 2.16. The van der Waals surface area contributed by atoms with Gasteiger partial charge in [-0.2, -0.15) is 18.3 Å². The molecule has 0 saturated carbocycles. The van der Waals surface area contributed by atoms with Gasteiger partial charge >= 0.3 is 6.18 Å². The normalized spacial score (nSPS) is 19.6. The smallest absolute Gasteiger partial charge is 0.231 e. The Morgan fingerprint density at radius 2 is 2.11 bits per heavy atom. The number of hydrogen-bond acceptors (Lipinski definition) is 3. The van der Waals surface area contributed by atoms with E-state index in [1.165, 1.54) is 17.3 Å². The molecule has 1 unspecified atom stereocenters. The molecular formula is C12H11ClF3N3. The third kappa shape index (κ3) is 2.58. The highest BCUT2D eigenvalue weighted by atomic mass is 35.5. The van der Waals surface area contributed by atoms with Crippen molar-refractivity contribution in [1.29, 1.82) is 0 Å². The SMILES string of the molecule is C/C=N\N1C(Cl)=Nc2ccc(C(F)(F)F)cc2C1C. The standard InChI is InChI=1S/C12H11ClF3N3/c1-3-17-19-7(2)9-6-8(12(14,15)16)4-5-10(9)18-11(19)13/h3-7H,1-2H3/b17-3-. The maximum atomic E-state index is 12.7. The Balaban J connectivity index is 2.52. The molecule has 0 radical (unpaired) electrons. The number of benzene rings is 1. The predicted octanol–water partition coefficient (Wildman–Crippen LogP) is 4.31. The van der Waals surface area contributed by atoms with Gasteiger partial charge in [-0.3, -0.25) is 0 Å². The van der Waals surface area contributed by atoms with Crippen molar-refractivity contribution >= 4 is 28.8 Å². The molecule has 0 saturated heterocycles. The number of hydrogen-bond donors (Lipinski definition) is 0. The number of aliphatic imine (C=N–C) groups is 1. The highest BCUT2D eigenvalue weighted by molar-refractivity contribution is 6.65. The van der Waals surface area contributed by atoms with Gasteiger partial charge in [0.15, 0.2) is 0 Å². The van der Waals surface area contributed by atoms with Crippen LogP contribution in [0.5, 0.6) is 0 Å². The molecule has 19 heavy (non-hydrogen) atoms. The molecule has 1 aromatic rings.